The summed E-state index contributed by atoms with van der Waals surface area (Å²) in [4.78, 5) is 10.3. The molecule has 0 spiro atoms. The molecule has 3 rings (SSSR count). The van der Waals surface area contributed by atoms with E-state index in [0.29, 0.717) is 6.04 Å². The molecule has 0 unspecified atom stereocenters. The second-order valence-corrected chi connectivity index (χ2v) is 9.42. The normalized spacial score (nSPS) is 16.0. The number of nitrogens with zero attached hydrogens (tertiary/aromatic N) is 3. The van der Waals surface area contributed by atoms with Gasteiger partial charge in [0.05, 0.1) is 6.61 Å². The van der Waals surface area contributed by atoms with Gasteiger partial charge in [0, 0.05) is 62.3 Å². The van der Waals surface area contributed by atoms with Crippen LogP contribution >= 0.6 is 11.3 Å². The van der Waals surface area contributed by atoms with Crippen LogP contribution in [0.4, 0.5) is 5.69 Å². The van der Waals surface area contributed by atoms with Gasteiger partial charge in [-0.3, -0.25) is 9.80 Å². The lowest BCUT2D eigenvalue weighted by Gasteiger charge is -2.38. The molecule has 0 bridgehead atoms. The number of hydrogen-bond donors (Lipinski definition) is 0. The number of piperidine rings is 1. The fourth-order valence-electron chi connectivity index (χ4n) is 3.97. The lowest BCUT2D eigenvalue weighted by molar-refractivity contribution is 0.0723. The van der Waals surface area contributed by atoms with Crippen molar-refractivity contribution in [2.45, 2.75) is 38.9 Å². The molecule has 1 aliphatic rings. The third-order valence-electron chi connectivity index (χ3n) is 5.67. The SMILES string of the molecule is COCCN(Cc1ccc(C)s1)C1CCN(Cc2ccc(N(C)C)cc2)CC1. The molecule has 28 heavy (non-hydrogen) atoms. The van der Waals surface area contributed by atoms with Gasteiger partial charge in [-0.25, -0.2) is 0 Å². The van der Waals surface area contributed by atoms with Gasteiger partial charge in [-0.15, -0.1) is 11.3 Å². The van der Waals surface area contributed by atoms with Crippen molar-refractivity contribution < 1.29 is 4.74 Å². The number of rotatable bonds is 9. The highest BCUT2D eigenvalue weighted by Crippen LogP contribution is 2.23. The third kappa shape index (κ3) is 6.05. The van der Waals surface area contributed by atoms with E-state index in [1.807, 2.05) is 11.3 Å². The predicted octanol–water partition coefficient (Wildman–Crippen LogP) is 4.24. The van der Waals surface area contributed by atoms with Gasteiger partial charge in [-0.05, 0) is 62.7 Å². The molecule has 0 N–H and O–H groups in total. The monoisotopic (exact) mass is 401 g/mol. The second-order valence-electron chi connectivity index (χ2n) is 8.04. The van der Waals surface area contributed by atoms with Crippen molar-refractivity contribution in [3.63, 3.8) is 0 Å². The van der Waals surface area contributed by atoms with Crippen molar-refractivity contribution in [2.24, 2.45) is 0 Å². The molecule has 1 aromatic heterocycles. The van der Waals surface area contributed by atoms with Crippen LogP contribution in [0.5, 0.6) is 0 Å². The summed E-state index contributed by atoms with van der Waals surface area (Å²) in [5, 5.41) is 0. The van der Waals surface area contributed by atoms with E-state index >= 15 is 0 Å². The van der Waals surface area contributed by atoms with Crippen LogP contribution in [0.3, 0.4) is 0 Å². The van der Waals surface area contributed by atoms with Crippen LogP contribution in [0.2, 0.25) is 0 Å². The van der Waals surface area contributed by atoms with Gasteiger partial charge in [-0.2, -0.15) is 0 Å². The number of anilines is 1. The zero-order valence-electron chi connectivity index (χ0n) is 17.9. The minimum atomic E-state index is 0.657. The predicted molar refractivity (Wildman–Crippen MR) is 120 cm³/mol. The molecular weight excluding hydrogens is 366 g/mol. The van der Waals surface area contributed by atoms with Crippen LogP contribution in [0, 0.1) is 6.92 Å². The molecule has 1 aromatic carbocycles. The second kappa shape index (κ2) is 10.4. The molecule has 0 amide bonds. The standard InChI is InChI=1S/C23H35N3OS/c1-19-5-10-23(28-19)18-26(15-16-27-4)22-11-13-25(14-12-22)17-20-6-8-21(9-7-20)24(2)3/h5-10,22H,11-18H2,1-4H3. The topological polar surface area (TPSA) is 19.0 Å². The Hall–Kier alpha value is -1.40. The highest BCUT2D eigenvalue weighted by atomic mass is 32.1. The molecule has 1 fully saturated rings. The van der Waals surface area contributed by atoms with E-state index < -0.39 is 0 Å². The maximum Gasteiger partial charge on any atom is 0.0589 e. The molecular formula is C23H35N3OS. The first-order valence-corrected chi connectivity index (χ1v) is 11.1. The fourth-order valence-corrected chi connectivity index (χ4v) is 4.89. The molecule has 1 saturated heterocycles. The summed E-state index contributed by atoms with van der Waals surface area (Å²) in [5.74, 6) is 0. The van der Waals surface area contributed by atoms with E-state index in [0.717, 1.165) is 26.2 Å². The Bertz CT molecular complexity index is 705. The van der Waals surface area contributed by atoms with E-state index in [4.69, 9.17) is 4.74 Å². The van der Waals surface area contributed by atoms with Crippen molar-refractivity contribution in [1.82, 2.24) is 9.80 Å². The number of benzene rings is 1. The Balaban J connectivity index is 1.52. The Kier molecular flexibility index (Phi) is 7.91. The summed E-state index contributed by atoms with van der Waals surface area (Å²) in [6, 6.07) is 14.2. The van der Waals surface area contributed by atoms with Crippen molar-refractivity contribution in [3.8, 4) is 0 Å². The number of ether oxygens (including phenoxy) is 1. The van der Waals surface area contributed by atoms with E-state index in [9.17, 15) is 0 Å². The molecule has 1 aliphatic heterocycles. The van der Waals surface area contributed by atoms with Crippen LogP contribution in [0.1, 0.15) is 28.2 Å². The van der Waals surface area contributed by atoms with Crippen molar-refractivity contribution in [2.75, 3.05) is 52.3 Å². The smallest absolute Gasteiger partial charge is 0.0589 e. The summed E-state index contributed by atoms with van der Waals surface area (Å²) in [6.45, 7) is 8.48. The van der Waals surface area contributed by atoms with E-state index in [-0.39, 0.29) is 0 Å². The number of thiophene rings is 1. The van der Waals surface area contributed by atoms with E-state index in [1.54, 1.807) is 7.11 Å². The first-order chi connectivity index (χ1) is 13.5. The van der Waals surface area contributed by atoms with Crippen LogP contribution in [-0.2, 0) is 17.8 Å². The summed E-state index contributed by atoms with van der Waals surface area (Å²) in [7, 11) is 5.98. The molecule has 4 nitrogen and oxygen atoms in total. The first kappa shape index (κ1) is 21.3. The maximum absolute atomic E-state index is 5.38. The molecule has 0 radical (unpaired) electrons. The number of likely N-dealkylation sites (tertiary alicyclic amines) is 1. The summed E-state index contributed by atoms with van der Waals surface area (Å²) in [5.41, 5.74) is 2.68. The van der Waals surface area contributed by atoms with Gasteiger partial charge in [0.15, 0.2) is 0 Å². The molecule has 0 atom stereocenters. The van der Waals surface area contributed by atoms with Crippen LogP contribution < -0.4 is 4.90 Å². The van der Waals surface area contributed by atoms with Gasteiger partial charge >= 0.3 is 0 Å². The Morgan fingerprint density at radius 1 is 1.07 bits per heavy atom. The number of aryl methyl sites for hydroxylation is 1. The van der Waals surface area contributed by atoms with Crippen molar-refractivity contribution >= 4 is 17.0 Å². The van der Waals surface area contributed by atoms with Gasteiger partial charge in [0.1, 0.15) is 0 Å². The maximum atomic E-state index is 5.38. The molecule has 2 heterocycles. The van der Waals surface area contributed by atoms with E-state index in [1.165, 1.54) is 46.9 Å². The fraction of sp³-hybridized carbons (Fsp3) is 0.565. The average molecular weight is 402 g/mol. The minimum Gasteiger partial charge on any atom is -0.383 e. The van der Waals surface area contributed by atoms with Crippen LogP contribution in [0.15, 0.2) is 36.4 Å². The molecule has 154 valence electrons. The van der Waals surface area contributed by atoms with Crippen LogP contribution in [0.25, 0.3) is 0 Å². The first-order valence-electron chi connectivity index (χ1n) is 10.3. The Labute approximate surface area is 174 Å². The highest BCUT2D eigenvalue weighted by Gasteiger charge is 2.25. The quantitative estimate of drug-likeness (QED) is 0.626. The zero-order valence-corrected chi connectivity index (χ0v) is 18.7. The number of methoxy groups -OCH3 is 1. The van der Waals surface area contributed by atoms with Gasteiger partial charge in [0.25, 0.3) is 0 Å². The molecule has 2 aromatic rings. The van der Waals surface area contributed by atoms with Gasteiger partial charge in [0.2, 0.25) is 0 Å². The highest BCUT2D eigenvalue weighted by molar-refractivity contribution is 7.11. The zero-order chi connectivity index (χ0) is 19.9. The van der Waals surface area contributed by atoms with Crippen LogP contribution in [-0.4, -0.2) is 63.3 Å². The summed E-state index contributed by atoms with van der Waals surface area (Å²) < 4.78 is 5.38. The summed E-state index contributed by atoms with van der Waals surface area (Å²) in [6.07, 6.45) is 2.48. The Morgan fingerprint density at radius 2 is 1.79 bits per heavy atom. The van der Waals surface area contributed by atoms with Crippen molar-refractivity contribution in [3.05, 3.63) is 51.7 Å². The average Bonchev–Trinajstić information content (AvgIpc) is 3.11. The Morgan fingerprint density at radius 3 is 2.36 bits per heavy atom. The molecule has 5 heteroatoms. The molecule has 0 aliphatic carbocycles. The number of hydrogen-bond acceptors (Lipinski definition) is 5. The van der Waals surface area contributed by atoms with E-state index in [2.05, 4.69) is 72.1 Å². The summed E-state index contributed by atoms with van der Waals surface area (Å²) >= 11 is 1.92. The van der Waals surface area contributed by atoms with Gasteiger partial charge < -0.3 is 9.64 Å². The largest absolute Gasteiger partial charge is 0.383 e. The van der Waals surface area contributed by atoms with Gasteiger partial charge in [-0.1, -0.05) is 12.1 Å². The lowest BCUT2D eigenvalue weighted by Crippen LogP contribution is -2.45. The minimum absolute atomic E-state index is 0.657. The lowest BCUT2D eigenvalue weighted by atomic mass is 10.0. The molecule has 0 saturated carbocycles. The van der Waals surface area contributed by atoms with Crippen molar-refractivity contribution in [1.29, 1.82) is 0 Å². The third-order valence-corrected chi connectivity index (χ3v) is 6.66.